The van der Waals surface area contributed by atoms with Gasteiger partial charge < -0.3 is 19.1 Å². The Morgan fingerprint density at radius 1 is 0.935 bits per heavy atom. The van der Waals surface area contributed by atoms with Gasteiger partial charge in [-0.3, -0.25) is 9.69 Å². The van der Waals surface area contributed by atoms with Crippen LogP contribution in [0.5, 0.6) is 11.5 Å². The fourth-order valence-electron chi connectivity index (χ4n) is 4.18. The van der Waals surface area contributed by atoms with Crippen LogP contribution in [0.15, 0.2) is 60.7 Å². The highest BCUT2D eigenvalue weighted by molar-refractivity contribution is 6.07. The van der Waals surface area contributed by atoms with Crippen molar-refractivity contribution < 1.29 is 19.0 Å². The summed E-state index contributed by atoms with van der Waals surface area (Å²) in [6.45, 7) is 5.54. The molecule has 0 atom stereocenters. The first kappa shape index (κ1) is 19.8. The summed E-state index contributed by atoms with van der Waals surface area (Å²) in [5.41, 5.74) is 1.76. The second-order valence-corrected chi connectivity index (χ2v) is 7.90. The fraction of sp³-hybridized carbons (Fsp3) is 0.320. The van der Waals surface area contributed by atoms with Crippen molar-refractivity contribution in [3.8, 4) is 11.5 Å². The number of hydrogen-bond donors (Lipinski definition) is 0. The molecule has 0 aromatic heterocycles. The Bertz CT molecular complexity index is 1070. The predicted octanol–water partition coefficient (Wildman–Crippen LogP) is 3.54. The minimum atomic E-state index is 0.0442. The molecule has 0 N–H and O–H groups in total. The summed E-state index contributed by atoms with van der Waals surface area (Å²) < 4.78 is 16.4. The van der Waals surface area contributed by atoms with E-state index in [-0.39, 0.29) is 12.7 Å². The third kappa shape index (κ3) is 4.36. The first-order valence-electron chi connectivity index (χ1n) is 10.7. The van der Waals surface area contributed by atoms with Gasteiger partial charge in [-0.1, -0.05) is 42.5 Å². The van der Waals surface area contributed by atoms with E-state index >= 15 is 0 Å². The topological polar surface area (TPSA) is 51.2 Å². The largest absolute Gasteiger partial charge is 0.454 e. The molecular weight excluding hydrogens is 392 g/mol. The third-order valence-corrected chi connectivity index (χ3v) is 5.91. The van der Waals surface area contributed by atoms with Gasteiger partial charge in [0.1, 0.15) is 0 Å². The number of ether oxygens (including phenoxy) is 3. The van der Waals surface area contributed by atoms with Gasteiger partial charge in [-0.15, -0.1) is 0 Å². The maximum absolute atomic E-state index is 13.7. The van der Waals surface area contributed by atoms with Gasteiger partial charge in [-0.25, -0.2) is 0 Å². The van der Waals surface area contributed by atoms with Crippen LogP contribution in [0.4, 0.5) is 0 Å². The predicted molar refractivity (Wildman–Crippen MR) is 119 cm³/mol. The van der Waals surface area contributed by atoms with Crippen molar-refractivity contribution in [1.29, 1.82) is 0 Å². The van der Waals surface area contributed by atoms with Crippen LogP contribution in [-0.4, -0.2) is 61.9 Å². The van der Waals surface area contributed by atoms with Crippen molar-refractivity contribution in [3.05, 3.63) is 71.8 Å². The van der Waals surface area contributed by atoms with Crippen LogP contribution >= 0.6 is 0 Å². The van der Waals surface area contributed by atoms with Crippen molar-refractivity contribution in [3.63, 3.8) is 0 Å². The molecule has 0 spiro atoms. The third-order valence-electron chi connectivity index (χ3n) is 5.91. The van der Waals surface area contributed by atoms with Crippen molar-refractivity contribution in [2.75, 3.05) is 46.2 Å². The molecule has 0 saturated carbocycles. The first-order chi connectivity index (χ1) is 15.3. The maximum atomic E-state index is 13.7. The zero-order valence-corrected chi connectivity index (χ0v) is 17.5. The molecular formula is C25H26N2O4. The molecule has 1 saturated heterocycles. The van der Waals surface area contributed by atoms with E-state index in [2.05, 4.69) is 4.90 Å². The number of nitrogens with zero attached hydrogens (tertiary/aromatic N) is 2. The van der Waals surface area contributed by atoms with Crippen LogP contribution in [0.25, 0.3) is 10.8 Å². The van der Waals surface area contributed by atoms with Gasteiger partial charge in [0.15, 0.2) is 11.5 Å². The highest BCUT2D eigenvalue weighted by atomic mass is 16.7. The quantitative estimate of drug-likeness (QED) is 0.613. The zero-order chi connectivity index (χ0) is 21.0. The minimum Gasteiger partial charge on any atom is -0.454 e. The molecule has 2 aliphatic rings. The van der Waals surface area contributed by atoms with Gasteiger partial charge in [-0.2, -0.15) is 0 Å². The zero-order valence-electron chi connectivity index (χ0n) is 17.5. The van der Waals surface area contributed by atoms with Crippen LogP contribution in [0.2, 0.25) is 0 Å². The standard InChI is InChI=1S/C25H26N2O4/c28-25(22-7-3-5-20-4-1-2-6-21(20)22)27(11-10-26-12-14-29-15-13-26)17-19-8-9-23-24(16-19)31-18-30-23/h1-9,16H,10-15,17-18H2. The molecule has 6 nitrogen and oxygen atoms in total. The Morgan fingerprint density at radius 2 is 1.74 bits per heavy atom. The monoisotopic (exact) mass is 418 g/mol. The normalized spacial score (nSPS) is 15.9. The molecule has 2 heterocycles. The average Bonchev–Trinajstić information content (AvgIpc) is 3.29. The van der Waals surface area contributed by atoms with E-state index in [1.165, 1.54) is 0 Å². The van der Waals surface area contributed by atoms with Gasteiger partial charge >= 0.3 is 0 Å². The Hall–Kier alpha value is -3.09. The highest BCUT2D eigenvalue weighted by Gasteiger charge is 2.21. The molecule has 31 heavy (non-hydrogen) atoms. The number of rotatable bonds is 6. The van der Waals surface area contributed by atoms with E-state index in [0.29, 0.717) is 13.1 Å². The van der Waals surface area contributed by atoms with E-state index in [4.69, 9.17) is 14.2 Å². The summed E-state index contributed by atoms with van der Waals surface area (Å²) in [5, 5.41) is 2.06. The highest BCUT2D eigenvalue weighted by Crippen LogP contribution is 2.33. The van der Waals surface area contributed by atoms with Crippen molar-refractivity contribution in [2.24, 2.45) is 0 Å². The fourth-order valence-corrected chi connectivity index (χ4v) is 4.18. The minimum absolute atomic E-state index is 0.0442. The van der Waals surface area contributed by atoms with Crippen LogP contribution in [-0.2, 0) is 11.3 Å². The molecule has 1 fully saturated rings. The van der Waals surface area contributed by atoms with Gasteiger partial charge in [-0.05, 0) is 34.5 Å². The van der Waals surface area contributed by atoms with Crippen LogP contribution < -0.4 is 9.47 Å². The molecule has 0 bridgehead atoms. The van der Waals surface area contributed by atoms with E-state index in [1.807, 2.05) is 65.6 Å². The van der Waals surface area contributed by atoms with Crippen molar-refractivity contribution >= 4 is 16.7 Å². The first-order valence-corrected chi connectivity index (χ1v) is 10.7. The molecule has 0 unspecified atom stereocenters. The lowest BCUT2D eigenvalue weighted by Crippen LogP contribution is -2.43. The maximum Gasteiger partial charge on any atom is 0.254 e. The Morgan fingerprint density at radius 3 is 2.65 bits per heavy atom. The van der Waals surface area contributed by atoms with E-state index < -0.39 is 0 Å². The number of morpholine rings is 1. The van der Waals surface area contributed by atoms with Crippen molar-refractivity contribution in [2.45, 2.75) is 6.54 Å². The number of carbonyl (C=O) groups is 1. The molecule has 2 aliphatic heterocycles. The molecule has 5 rings (SSSR count). The summed E-state index contributed by atoms with van der Waals surface area (Å²) in [5.74, 6) is 1.54. The molecule has 0 radical (unpaired) electrons. The van der Waals surface area contributed by atoms with Gasteiger partial charge in [0, 0.05) is 38.3 Å². The van der Waals surface area contributed by atoms with Crippen LogP contribution in [0, 0.1) is 0 Å². The van der Waals surface area contributed by atoms with Gasteiger partial charge in [0.2, 0.25) is 6.79 Å². The molecule has 3 aromatic rings. The van der Waals surface area contributed by atoms with E-state index in [0.717, 1.165) is 66.2 Å². The number of benzene rings is 3. The second kappa shape index (κ2) is 8.96. The summed E-state index contributed by atoms with van der Waals surface area (Å²) >= 11 is 0. The summed E-state index contributed by atoms with van der Waals surface area (Å²) in [7, 11) is 0. The number of amides is 1. The molecule has 1 amide bonds. The number of fused-ring (bicyclic) bond motifs is 2. The van der Waals surface area contributed by atoms with Gasteiger partial charge in [0.05, 0.1) is 13.2 Å². The Labute approximate surface area is 181 Å². The molecule has 3 aromatic carbocycles. The lowest BCUT2D eigenvalue weighted by atomic mass is 10.0. The average molecular weight is 418 g/mol. The molecule has 6 heteroatoms. The summed E-state index contributed by atoms with van der Waals surface area (Å²) in [6.07, 6.45) is 0. The summed E-state index contributed by atoms with van der Waals surface area (Å²) in [4.78, 5) is 18.0. The second-order valence-electron chi connectivity index (χ2n) is 7.90. The molecule has 0 aliphatic carbocycles. The van der Waals surface area contributed by atoms with Gasteiger partial charge in [0.25, 0.3) is 5.91 Å². The SMILES string of the molecule is O=C(c1cccc2ccccc12)N(CCN1CCOCC1)Cc1ccc2c(c1)OCO2. The Balaban J connectivity index is 1.41. The van der Waals surface area contributed by atoms with Crippen LogP contribution in [0.3, 0.4) is 0 Å². The lowest BCUT2D eigenvalue weighted by molar-refractivity contribution is 0.0320. The van der Waals surface area contributed by atoms with E-state index in [9.17, 15) is 4.79 Å². The number of carbonyl (C=O) groups excluding carboxylic acids is 1. The van der Waals surface area contributed by atoms with E-state index in [1.54, 1.807) is 0 Å². The van der Waals surface area contributed by atoms with Crippen LogP contribution in [0.1, 0.15) is 15.9 Å². The lowest BCUT2D eigenvalue weighted by Gasteiger charge is -2.30. The van der Waals surface area contributed by atoms with Crippen molar-refractivity contribution in [1.82, 2.24) is 9.80 Å². The molecule has 160 valence electrons. The number of hydrogen-bond acceptors (Lipinski definition) is 5. The smallest absolute Gasteiger partial charge is 0.254 e. The Kier molecular flexibility index (Phi) is 5.74. The summed E-state index contributed by atoms with van der Waals surface area (Å²) in [6, 6.07) is 19.9.